The summed E-state index contributed by atoms with van der Waals surface area (Å²) in [7, 11) is 2.89. The number of nitrogens with one attached hydrogen (secondary N) is 1. The summed E-state index contributed by atoms with van der Waals surface area (Å²) in [5.41, 5.74) is 0.387. The topological polar surface area (TPSA) is 111 Å². The molecule has 1 aromatic carbocycles. The SMILES string of the molecule is Cn1c(=O)c2c(ncn2CC(=O)NCC(O)Cc2ccccc2)n(C)c1=O. The summed E-state index contributed by atoms with van der Waals surface area (Å²) in [6, 6.07) is 9.48. The molecular formula is C18H21N5O4. The minimum atomic E-state index is -0.718. The maximum atomic E-state index is 12.4. The monoisotopic (exact) mass is 371 g/mol. The molecule has 0 aliphatic rings. The molecule has 3 aromatic rings. The van der Waals surface area contributed by atoms with Crippen molar-refractivity contribution in [3.05, 3.63) is 63.1 Å². The Morgan fingerprint density at radius 3 is 2.59 bits per heavy atom. The maximum Gasteiger partial charge on any atom is 0.332 e. The minimum absolute atomic E-state index is 0.0941. The normalized spacial score (nSPS) is 12.3. The molecule has 3 rings (SSSR count). The van der Waals surface area contributed by atoms with Crippen LogP contribution in [0, 0.1) is 0 Å². The third-order valence-electron chi connectivity index (χ3n) is 4.38. The van der Waals surface area contributed by atoms with Crippen LogP contribution in [0.5, 0.6) is 0 Å². The number of fused-ring (bicyclic) bond motifs is 1. The van der Waals surface area contributed by atoms with Crippen LogP contribution in [-0.4, -0.2) is 42.3 Å². The number of aliphatic hydroxyl groups excluding tert-OH is 1. The van der Waals surface area contributed by atoms with Crippen molar-refractivity contribution in [1.82, 2.24) is 24.0 Å². The number of carbonyl (C=O) groups excluding carboxylic acids is 1. The van der Waals surface area contributed by atoms with E-state index in [0.29, 0.717) is 6.42 Å². The highest BCUT2D eigenvalue weighted by Crippen LogP contribution is 2.05. The van der Waals surface area contributed by atoms with E-state index in [1.807, 2.05) is 30.3 Å². The number of imidazole rings is 1. The van der Waals surface area contributed by atoms with Gasteiger partial charge in [0.15, 0.2) is 11.2 Å². The molecule has 0 spiro atoms. The summed E-state index contributed by atoms with van der Waals surface area (Å²) in [4.78, 5) is 40.6. The summed E-state index contributed by atoms with van der Waals surface area (Å²) in [5.74, 6) is -0.364. The fraction of sp³-hybridized carbons (Fsp3) is 0.333. The second kappa shape index (κ2) is 7.58. The first-order chi connectivity index (χ1) is 12.9. The summed E-state index contributed by atoms with van der Waals surface area (Å²) >= 11 is 0. The van der Waals surface area contributed by atoms with E-state index in [9.17, 15) is 19.5 Å². The number of benzene rings is 1. The lowest BCUT2D eigenvalue weighted by atomic mass is 10.1. The number of aryl methyl sites for hydroxylation is 1. The average Bonchev–Trinajstić information content (AvgIpc) is 3.07. The van der Waals surface area contributed by atoms with E-state index in [0.717, 1.165) is 10.1 Å². The van der Waals surface area contributed by atoms with Crippen LogP contribution in [0.25, 0.3) is 11.2 Å². The number of aromatic nitrogens is 4. The minimum Gasteiger partial charge on any atom is -0.391 e. The third kappa shape index (κ3) is 3.82. The first-order valence-electron chi connectivity index (χ1n) is 8.48. The summed E-state index contributed by atoms with van der Waals surface area (Å²) in [6.45, 7) is -0.0428. The molecule has 0 aliphatic heterocycles. The van der Waals surface area contributed by atoms with Gasteiger partial charge in [0.2, 0.25) is 5.91 Å². The molecule has 27 heavy (non-hydrogen) atoms. The smallest absolute Gasteiger partial charge is 0.332 e. The molecule has 142 valence electrons. The fourth-order valence-electron chi connectivity index (χ4n) is 2.92. The molecule has 0 fully saturated rings. The van der Waals surface area contributed by atoms with Gasteiger partial charge < -0.3 is 15.0 Å². The Kier molecular flexibility index (Phi) is 5.22. The van der Waals surface area contributed by atoms with Gasteiger partial charge in [0.05, 0.1) is 12.4 Å². The highest BCUT2D eigenvalue weighted by molar-refractivity contribution is 5.78. The van der Waals surface area contributed by atoms with Crippen LogP contribution >= 0.6 is 0 Å². The van der Waals surface area contributed by atoms with E-state index in [-0.39, 0.29) is 30.2 Å². The van der Waals surface area contributed by atoms with Gasteiger partial charge in [-0.2, -0.15) is 0 Å². The molecule has 0 aliphatic carbocycles. The molecular weight excluding hydrogens is 350 g/mol. The molecule has 1 atom stereocenters. The van der Waals surface area contributed by atoms with Crippen LogP contribution in [-0.2, 0) is 31.9 Å². The van der Waals surface area contributed by atoms with Crippen molar-refractivity contribution in [2.75, 3.05) is 6.54 Å². The Morgan fingerprint density at radius 2 is 1.89 bits per heavy atom. The highest BCUT2D eigenvalue weighted by Gasteiger charge is 2.16. The van der Waals surface area contributed by atoms with Crippen LogP contribution in [0.4, 0.5) is 0 Å². The van der Waals surface area contributed by atoms with Crippen molar-refractivity contribution in [2.45, 2.75) is 19.1 Å². The van der Waals surface area contributed by atoms with E-state index in [2.05, 4.69) is 10.3 Å². The Labute approximate surface area is 154 Å². The van der Waals surface area contributed by atoms with Gasteiger partial charge in [0, 0.05) is 27.1 Å². The largest absolute Gasteiger partial charge is 0.391 e. The van der Waals surface area contributed by atoms with Crippen molar-refractivity contribution >= 4 is 17.1 Å². The molecule has 2 aromatic heterocycles. The molecule has 9 nitrogen and oxygen atoms in total. The fourth-order valence-corrected chi connectivity index (χ4v) is 2.92. The number of hydrogen-bond acceptors (Lipinski definition) is 5. The molecule has 1 unspecified atom stereocenters. The van der Waals surface area contributed by atoms with E-state index in [1.165, 1.54) is 29.6 Å². The van der Waals surface area contributed by atoms with Gasteiger partial charge >= 0.3 is 5.69 Å². The first-order valence-corrected chi connectivity index (χ1v) is 8.48. The predicted octanol–water partition coefficient (Wildman–Crippen LogP) is -0.846. The number of carbonyl (C=O) groups is 1. The van der Waals surface area contributed by atoms with Gasteiger partial charge in [-0.15, -0.1) is 0 Å². The van der Waals surface area contributed by atoms with E-state index < -0.39 is 17.4 Å². The van der Waals surface area contributed by atoms with Gasteiger partial charge in [0.1, 0.15) is 6.54 Å². The van der Waals surface area contributed by atoms with E-state index in [4.69, 9.17) is 0 Å². The Morgan fingerprint density at radius 1 is 1.19 bits per heavy atom. The van der Waals surface area contributed by atoms with Crippen molar-refractivity contribution in [2.24, 2.45) is 14.1 Å². The average molecular weight is 371 g/mol. The summed E-state index contributed by atoms with van der Waals surface area (Å²) in [6.07, 6.45) is 1.06. The lowest BCUT2D eigenvalue weighted by molar-refractivity contribution is -0.122. The second-order valence-electron chi connectivity index (χ2n) is 6.40. The molecule has 2 N–H and O–H groups in total. The van der Waals surface area contributed by atoms with Crippen molar-refractivity contribution in [3.8, 4) is 0 Å². The number of aliphatic hydroxyl groups is 1. The molecule has 1 amide bonds. The van der Waals surface area contributed by atoms with Gasteiger partial charge in [-0.05, 0) is 5.56 Å². The Bertz CT molecular complexity index is 1080. The molecule has 0 saturated carbocycles. The zero-order valence-corrected chi connectivity index (χ0v) is 15.1. The zero-order valence-electron chi connectivity index (χ0n) is 15.1. The van der Waals surface area contributed by atoms with Crippen LogP contribution in [0.2, 0.25) is 0 Å². The predicted molar refractivity (Wildman–Crippen MR) is 99.4 cm³/mol. The van der Waals surface area contributed by atoms with Crippen molar-refractivity contribution in [3.63, 3.8) is 0 Å². The standard InChI is InChI=1S/C18H21N5O4/c1-21-16-15(17(26)22(2)18(21)27)23(11-20-16)10-14(25)19-9-13(24)8-12-6-4-3-5-7-12/h3-7,11,13,24H,8-10H2,1-2H3,(H,19,25). The maximum absolute atomic E-state index is 12.4. The Balaban J connectivity index is 1.68. The lowest BCUT2D eigenvalue weighted by Crippen LogP contribution is -2.38. The molecule has 2 heterocycles. The zero-order chi connectivity index (χ0) is 19.6. The first kappa shape index (κ1) is 18.6. The van der Waals surface area contributed by atoms with Gasteiger partial charge in [-0.1, -0.05) is 30.3 Å². The number of amides is 1. The lowest BCUT2D eigenvalue weighted by Gasteiger charge is -2.12. The van der Waals surface area contributed by atoms with Crippen molar-refractivity contribution < 1.29 is 9.90 Å². The molecule has 0 bridgehead atoms. The molecule has 0 saturated heterocycles. The summed E-state index contributed by atoms with van der Waals surface area (Å²) < 4.78 is 3.63. The number of hydrogen-bond donors (Lipinski definition) is 2. The van der Waals surface area contributed by atoms with E-state index >= 15 is 0 Å². The van der Waals surface area contributed by atoms with Crippen LogP contribution in [0.3, 0.4) is 0 Å². The highest BCUT2D eigenvalue weighted by atomic mass is 16.3. The second-order valence-corrected chi connectivity index (χ2v) is 6.40. The van der Waals surface area contributed by atoms with Gasteiger partial charge in [-0.3, -0.25) is 18.7 Å². The van der Waals surface area contributed by atoms with Crippen LogP contribution in [0.15, 0.2) is 46.2 Å². The molecule has 0 radical (unpaired) electrons. The third-order valence-corrected chi connectivity index (χ3v) is 4.38. The summed E-state index contributed by atoms with van der Waals surface area (Å²) in [5, 5.41) is 12.7. The van der Waals surface area contributed by atoms with E-state index in [1.54, 1.807) is 0 Å². The van der Waals surface area contributed by atoms with Crippen molar-refractivity contribution in [1.29, 1.82) is 0 Å². The Hall–Kier alpha value is -3.20. The van der Waals surface area contributed by atoms with Crippen LogP contribution < -0.4 is 16.6 Å². The van der Waals surface area contributed by atoms with Gasteiger partial charge in [0.25, 0.3) is 5.56 Å². The number of nitrogens with zero attached hydrogens (tertiary/aromatic N) is 4. The van der Waals surface area contributed by atoms with Gasteiger partial charge in [-0.25, -0.2) is 9.78 Å². The quantitative estimate of drug-likeness (QED) is 0.587. The number of rotatable bonds is 6. The molecule has 9 heteroatoms. The van der Waals surface area contributed by atoms with Crippen LogP contribution in [0.1, 0.15) is 5.56 Å².